The lowest BCUT2D eigenvalue weighted by Crippen LogP contribution is -2.54. The Labute approximate surface area is 214 Å². The van der Waals surface area contributed by atoms with Gasteiger partial charge in [-0.3, -0.25) is 29.4 Å². The fraction of sp³-hybridized carbons (Fsp3) is 0.577. The van der Waals surface area contributed by atoms with Gasteiger partial charge in [-0.1, -0.05) is 0 Å². The van der Waals surface area contributed by atoms with Crippen LogP contribution in [-0.2, 0) is 14.3 Å². The van der Waals surface area contributed by atoms with E-state index < -0.39 is 41.1 Å². The number of rotatable bonds is 2. The first-order chi connectivity index (χ1) is 17.4. The molecule has 1 atom stereocenters. The lowest BCUT2D eigenvalue weighted by atomic mass is 9.77. The van der Waals surface area contributed by atoms with Gasteiger partial charge in [0.05, 0.1) is 16.8 Å². The second-order valence-electron chi connectivity index (χ2n) is 11.4. The average Bonchev–Trinajstić information content (AvgIpc) is 3.33. The van der Waals surface area contributed by atoms with Crippen LogP contribution in [0.25, 0.3) is 0 Å². The molecule has 0 bridgehead atoms. The SMILES string of the molecule is CC(C)(C)OC(=O)N1CCC2(CCN(c3cc4c(cc3F)C(=O)N(C3CCC(=O)NC3=O)C4=O)CC2)C1. The lowest BCUT2D eigenvalue weighted by Gasteiger charge is -2.40. The number of carbonyl (C=O) groups is 5. The zero-order valence-corrected chi connectivity index (χ0v) is 21.3. The fourth-order valence-corrected chi connectivity index (χ4v) is 5.77. The van der Waals surface area contributed by atoms with Gasteiger partial charge in [0.25, 0.3) is 11.8 Å². The number of nitrogens with one attached hydrogen (secondary N) is 1. The van der Waals surface area contributed by atoms with Crippen molar-refractivity contribution < 1.29 is 33.1 Å². The van der Waals surface area contributed by atoms with Crippen molar-refractivity contribution in [1.29, 1.82) is 0 Å². The van der Waals surface area contributed by atoms with Crippen LogP contribution in [0.15, 0.2) is 12.1 Å². The molecule has 4 aliphatic rings. The van der Waals surface area contributed by atoms with Crippen molar-refractivity contribution in [2.45, 2.75) is 64.5 Å². The number of hydrogen-bond acceptors (Lipinski definition) is 7. The number of carbonyl (C=O) groups excluding carboxylic acids is 5. The van der Waals surface area contributed by atoms with Gasteiger partial charge in [-0.15, -0.1) is 0 Å². The van der Waals surface area contributed by atoms with E-state index in [1.807, 2.05) is 25.7 Å². The molecule has 1 spiro atoms. The Bertz CT molecular complexity index is 1200. The van der Waals surface area contributed by atoms with Crippen LogP contribution in [0.3, 0.4) is 0 Å². The lowest BCUT2D eigenvalue weighted by molar-refractivity contribution is -0.136. The van der Waals surface area contributed by atoms with Gasteiger partial charge in [-0.2, -0.15) is 0 Å². The normalized spacial score (nSPS) is 23.6. The smallest absolute Gasteiger partial charge is 0.410 e. The molecular weight excluding hydrogens is 483 g/mol. The predicted molar refractivity (Wildman–Crippen MR) is 129 cm³/mol. The zero-order valence-electron chi connectivity index (χ0n) is 21.3. The summed E-state index contributed by atoms with van der Waals surface area (Å²) in [6.07, 6.45) is 2.08. The summed E-state index contributed by atoms with van der Waals surface area (Å²) < 4.78 is 20.7. The highest BCUT2D eigenvalue weighted by Crippen LogP contribution is 2.42. The van der Waals surface area contributed by atoms with E-state index in [1.54, 1.807) is 4.90 Å². The summed E-state index contributed by atoms with van der Waals surface area (Å²) in [5.41, 5.74) is -0.401. The maximum Gasteiger partial charge on any atom is 0.410 e. The summed E-state index contributed by atoms with van der Waals surface area (Å²) >= 11 is 0. The first-order valence-electron chi connectivity index (χ1n) is 12.7. The van der Waals surface area contributed by atoms with Crippen LogP contribution < -0.4 is 10.2 Å². The molecule has 4 aliphatic heterocycles. The topological polar surface area (TPSA) is 116 Å². The number of imide groups is 2. The quantitative estimate of drug-likeness (QED) is 0.603. The second-order valence-corrected chi connectivity index (χ2v) is 11.4. The van der Waals surface area contributed by atoms with Crippen LogP contribution >= 0.6 is 0 Å². The minimum absolute atomic E-state index is 0.0182. The molecule has 1 N–H and O–H groups in total. The Morgan fingerprint density at radius 2 is 1.65 bits per heavy atom. The number of halogens is 1. The first kappa shape index (κ1) is 25.2. The Hall–Kier alpha value is -3.50. The number of ether oxygens (including phenoxy) is 1. The second kappa shape index (κ2) is 8.81. The van der Waals surface area contributed by atoms with E-state index in [0.29, 0.717) is 26.2 Å². The van der Waals surface area contributed by atoms with Crippen molar-refractivity contribution in [1.82, 2.24) is 15.1 Å². The van der Waals surface area contributed by atoms with Gasteiger partial charge in [0, 0.05) is 32.6 Å². The molecule has 5 rings (SSSR count). The van der Waals surface area contributed by atoms with Crippen LogP contribution in [0.5, 0.6) is 0 Å². The predicted octanol–water partition coefficient (Wildman–Crippen LogP) is 2.45. The molecule has 1 unspecified atom stereocenters. The zero-order chi connectivity index (χ0) is 26.7. The molecule has 1 aromatic rings. The first-order valence-corrected chi connectivity index (χ1v) is 12.7. The molecule has 0 radical (unpaired) electrons. The molecule has 10 nitrogen and oxygen atoms in total. The molecule has 198 valence electrons. The van der Waals surface area contributed by atoms with Crippen molar-refractivity contribution >= 4 is 35.4 Å². The van der Waals surface area contributed by atoms with Crippen LogP contribution in [0.4, 0.5) is 14.9 Å². The maximum absolute atomic E-state index is 15.2. The van der Waals surface area contributed by atoms with Crippen LogP contribution in [0, 0.1) is 11.2 Å². The van der Waals surface area contributed by atoms with Gasteiger partial charge in [0.1, 0.15) is 17.5 Å². The largest absolute Gasteiger partial charge is 0.444 e. The fourth-order valence-electron chi connectivity index (χ4n) is 5.77. The third-order valence-corrected chi connectivity index (χ3v) is 7.76. The number of likely N-dealkylation sites (tertiary alicyclic amines) is 1. The van der Waals surface area contributed by atoms with Crippen molar-refractivity contribution in [3.05, 3.63) is 29.1 Å². The molecule has 0 saturated carbocycles. The molecule has 4 heterocycles. The summed E-state index contributed by atoms with van der Waals surface area (Å²) in [6.45, 7) is 7.80. The standard InChI is InChI=1S/C26H31FN4O6/c1-25(2,3)37-24(36)30-11-8-26(14-30)6-9-29(10-7-26)19-13-16-15(12-17(19)27)22(34)31(23(16)35)18-4-5-20(32)28-21(18)33/h12-13,18H,4-11,14H2,1-3H3,(H,28,32,33). The molecule has 3 fully saturated rings. The highest BCUT2D eigenvalue weighted by Gasteiger charge is 2.46. The van der Waals surface area contributed by atoms with E-state index in [0.717, 1.165) is 30.2 Å². The minimum atomic E-state index is -1.10. The highest BCUT2D eigenvalue weighted by molar-refractivity contribution is 6.23. The number of nitrogens with zero attached hydrogens (tertiary/aromatic N) is 3. The molecule has 0 aliphatic carbocycles. The Balaban J connectivity index is 1.28. The molecule has 1 aromatic carbocycles. The molecular formula is C26H31FN4O6. The Morgan fingerprint density at radius 3 is 2.27 bits per heavy atom. The minimum Gasteiger partial charge on any atom is -0.444 e. The van der Waals surface area contributed by atoms with Gasteiger partial charge >= 0.3 is 6.09 Å². The summed E-state index contributed by atoms with van der Waals surface area (Å²) in [6, 6.07) is 1.37. The van der Waals surface area contributed by atoms with E-state index in [-0.39, 0.29) is 41.2 Å². The van der Waals surface area contributed by atoms with E-state index >= 15 is 4.39 Å². The summed E-state index contributed by atoms with van der Waals surface area (Å²) in [5, 5.41) is 2.15. The Kier molecular flexibility index (Phi) is 5.99. The third kappa shape index (κ3) is 4.55. The molecule has 3 saturated heterocycles. The van der Waals surface area contributed by atoms with Crippen LogP contribution in [0.2, 0.25) is 0 Å². The van der Waals surface area contributed by atoms with Gasteiger partial charge in [-0.25, -0.2) is 9.18 Å². The Morgan fingerprint density at radius 1 is 1.03 bits per heavy atom. The van der Waals surface area contributed by atoms with Gasteiger partial charge in [-0.05, 0) is 64.0 Å². The maximum atomic E-state index is 15.2. The number of amides is 5. The van der Waals surface area contributed by atoms with Crippen molar-refractivity contribution in [2.75, 3.05) is 31.1 Å². The van der Waals surface area contributed by atoms with Crippen molar-refractivity contribution in [3.63, 3.8) is 0 Å². The number of hydrogen-bond donors (Lipinski definition) is 1. The van der Waals surface area contributed by atoms with Crippen LogP contribution in [0.1, 0.15) is 73.6 Å². The summed E-state index contributed by atoms with van der Waals surface area (Å²) in [4.78, 5) is 66.8. The average molecular weight is 515 g/mol. The number of piperidine rings is 2. The van der Waals surface area contributed by atoms with Crippen molar-refractivity contribution in [3.8, 4) is 0 Å². The number of benzene rings is 1. The summed E-state index contributed by atoms with van der Waals surface area (Å²) in [7, 11) is 0. The molecule has 0 aromatic heterocycles. The molecule has 11 heteroatoms. The number of anilines is 1. The van der Waals surface area contributed by atoms with E-state index in [9.17, 15) is 24.0 Å². The molecule has 37 heavy (non-hydrogen) atoms. The van der Waals surface area contributed by atoms with E-state index in [2.05, 4.69) is 5.32 Å². The summed E-state index contributed by atoms with van der Waals surface area (Å²) in [5.74, 6) is -3.16. The van der Waals surface area contributed by atoms with E-state index in [4.69, 9.17) is 4.74 Å². The number of fused-ring (bicyclic) bond motifs is 1. The highest BCUT2D eigenvalue weighted by atomic mass is 19.1. The van der Waals surface area contributed by atoms with Gasteiger partial charge < -0.3 is 14.5 Å². The van der Waals surface area contributed by atoms with E-state index in [1.165, 1.54) is 6.07 Å². The van der Waals surface area contributed by atoms with Crippen molar-refractivity contribution in [2.24, 2.45) is 5.41 Å². The monoisotopic (exact) mass is 514 g/mol. The van der Waals surface area contributed by atoms with Gasteiger partial charge in [0.2, 0.25) is 11.8 Å². The van der Waals surface area contributed by atoms with Gasteiger partial charge in [0.15, 0.2) is 0 Å². The van der Waals surface area contributed by atoms with Crippen LogP contribution in [-0.4, -0.2) is 77.3 Å². The third-order valence-electron chi connectivity index (χ3n) is 7.76. The molecule has 5 amide bonds.